The van der Waals surface area contributed by atoms with Gasteiger partial charge in [-0.1, -0.05) is 115 Å². The number of benzene rings is 4. The van der Waals surface area contributed by atoms with E-state index in [1.807, 2.05) is 0 Å². The third kappa shape index (κ3) is 3.57. The van der Waals surface area contributed by atoms with Gasteiger partial charge in [-0.05, 0) is 33.6 Å². The summed E-state index contributed by atoms with van der Waals surface area (Å²) in [6.07, 6.45) is 0. The van der Waals surface area contributed by atoms with Gasteiger partial charge < -0.3 is 4.43 Å². The van der Waals surface area contributed by atoms with E-state index >= 15 is 0 Å². The largest absolute Gasteiger partial charge is 0.400 e. The highest BCUT2D eigenvalue weighted by molar-refractivity contribution is 7.07. The minimum absolute atomic E-state index is 0.595. The molecule has 138 valence electrons. The molecule has 0 aliphatic rings. The van der Waals surface area contributed by atoms with Crippen molar-refractivity contribution >= 4 is 23.9 Å². The topological polar surface area (TPSA) is 9.23 Å². The predicted molar refractivity (Wildman–Crippen MR) is 120 cm³/mol. The van der Waals surface area contributed by atoms with Crippen molar-refractivity contribution < 1.29 is 4.43 Å². The monoisotopic (exact) mass is 380 g/mol. The third-order valence-corrected chi connectivity index (χ3v) is 9.26. The van der Waals surface area contributed by atoms with Gasteiger partial charge in [0.15, 0.2) is 0 Å². The second-order valence-electron chi connectivity index (χ2n) is 6.99. The average Bonchev–Trinajstić information content (AvgIpc) is 2.78. The minimum Gasteiger partial charge on any atom is -0.400 e. The van der Waals surface area contributed by atoms with Crippen molar-refractivity contribution in [3.05, 3.63) is 126 Å². The van der Waals surface area contributed by atoms with Crippen molar-refractivity contribution in [1.29, 1.82) is 0 Å². The molecule has 0 aliphatic carbocycles. The first kappa shape index (κ1) is 18.4. The van der Waals surface area contributed by atoms with Crippen LogP contribution < -0.4 is 15.6 Å². The Balaban J connectivity index is 1.89. The Bertz CT molecular complexity index is 917. The van der Waals surface area contributed by atoms with E-state index in [4.69, 9.17) is 4.43 Å². The Kier molecular flexibility index (Phi) is 5.52. The van der Waals surface area contributed by atoms with Crippen LogP contribution in [0.4, 0.5) is 0 Å². The van der Waals surface area contributed by atoms with Crippen LogP contribution in [0.2, 0.25) is 0 Å². The quantitative estimate of drug-likeness (QED) is 0.360. The molecule has 28 heavy (non-hydrogen) atoms. The molecular weight excluding hydrogens is 356 g/mol. The fourth-order valence-corrected chi connectivity index (χ4v) is 7.58. The highest BCUT2D eigenvalue weighted by Crippen LogP contribution is 2.15. The van der Waals surface area contributed by atoms with Crippen LogP contribution in [-0.4, -0.2) is 8.32 Å². The van der Waals surface area contributed by atoms with Gasteiger partial charge in [-0.2, -0.15) is 0 Å². The van der Waals surface area contributed by atoms with Gasteiger partial charge >= 0.3 is 0 Å². The van der Waals surface area contributed by atoms with Crippen molar-refractivity contribution in [3.8, 4) is 0 Å². The van der Waals surface area contributed by atoms with Crippen molar-refractivity contribution in [2.24, 2.45) is 0 Å². The highest BCUT2D eigenvalue weighted by Gasteiger charge is 2.41. The zero-order valence-electron chi connectivity index (χ0n) is 16.1. The maximum absolute atomic E-state index is 6.99. The SMILES string of the molecule is Cc1ccccc1CO[Si](c1ccccc1)(c1ccccc1)c1ccccc1. The van der Waals surface area contributed by atoms with Gasteiger partial charge in [-0.15, -0.1) is 0 Å². The van der Waals surface area contributed by atoms with Crippen LogP contribution >= 0.6 is 0 Å². The van der Waals surface area contributed by atoms with E-state index in [0.29, 0.717) is 6.61 Å². The molecule has 0 bridgehead atoms. The summed E-state index contributed by atoms with van der Waals surface area (Å²) in [5, 5.41) is 3.79. The van der Waals surface area contributed by atoms with E-state index in [0.717, 1.165) is 0 Å². The first-order valence-corrected chi connectivity index (χ1v) is 11.6. The Morgan fingerprint density at radius 1 is 0.536 bits per heavy atom. The molecule has 0 heterocycles. The molecule has 0 saturated heterocycles. The van der Waals surface area contributed by atoms with Gasteiger partial charge in [-0.3, -0.25) is 0 Å². The first-order chi connectivity index (χ1) is 13.8. The van der Waals surface area contributed by atoms with Crippen LogP contribution in [-0.2, 0) is 11.0 Å². The Morgan fingerprint density at radius 2 is 0.929 bits per heavy atom. The zero-order valence-corrected chi connectivity index (χ0v) is 17.1. The van der Waals surface area contributed by atoms with Crippen LogP contribution in [0.15, 0.2) is 115 Å². The first-order valence-electron chi connectivity index (χ1n) is 9.66. The normalized spacial score (nSPS) is 11.3. The maximum atomic E-state index is 6.99. The van der Waals surface area contributed by atoms with E-state index in [-0.39, 0.29) is 0 Å². The lowest BCUT2D eigenvalue weighted by molar-refractivity contribution is 0.311. The molecule has 0 atom stereocenters. The molecular formula is C26H24OSi. The molecule has 4 aromatic carbocycles. The Labute approximate surface area is 168 Å². The summed E-state index contributed by atoms with van der Waals surface area (Å²) < 4.78 is 6.99. The predicted octanol–water partition coefficient (Wildman–Crippen LogP) is 4.18. The lowest BCUT2D eigenvalue weighted by Crippen LogP contribution is -2.69. The molecule has 0 unspecified atom stereocenters. The number of hydrogen-bond donors (Lipinski definition) is 0. The second-order valence-corrected chi connectivity index (χ2v) is 10.4. The Morgan fingerprint density at radius 3 is 1.36 bits per heavy atom. The van der Waals surface area contributed by atoms with Crippen molar-refractivity contribution in [3.63, 3.8) is 0 Å². The molecule has 0 N–H and O–H groups in total. The van der Waals surface area contributed by atoms with Crippen LogP contribution in [0.1, 0.15) is 11.1 Å². The second kappa shape index (κ2) is 8.38. The van der Waals surface area contributed by atoms with Crippen molar-refractivity contribution in [2.45, 2.75) is 13.5 Å². The Hall–Kier alpha value is -2.94. The van der Waals surface area contributed by atoms with Gasteiger partial charge in [-0.25, -0.2) is 0 Å². The summed E-state index contributed by atoms with van der Waals surface area (Å²) >= 11 is 0. The van der Waals surface area contributed by atoms with E-state index in [1.54, 1.807) is 0 Å². The molecule has 0 aliphatic heterocycles. The summed E-state index contributed by atoms with van der Waals surface area (Å²) in [5.74, 6) is 0. The zero-order chi connectivity index (χ0) is 19.2. The summed E-state index contributed by atoms with van der Waals surface area (Å²) in [7, 11) is -2.63. The summed E-state index contributed by atoms with van der Waals surface area (Å²) in [6, 6.07) is 40.6. The molecule has 0 aromatic heterocycles. The van der Waals surface area contributed by atoms with Crippen LogP contribution in [0.5, 0.6) is 0 Å². The maximum Gasteiger partial charge on any atom is 0.288 e. The molecule has 2 heteroatoms. The van der Waals surface area contributed by atoms with E-state index in [2.05, 4.69) is 122 Å². The standard InChI is InChI=1S/C26H24OSi/c1-22-13-11-12-14-23(22)21-27-28(24-15-5-2-6-16-24,25-17-7-3-8-18-25)26-19-9-4-10-20-26/h2-20H,21H2,1H3. The molecule has 1 nitrogen and oxygen atoms in total. The smallest absolute Gasteiger partial charge is 0.288 e. The van der Waals surface area contributed by atoms with Gasteiger partial charge in [0.2, 0.25) is 0 Å². The van der Waals surface area contributed by atoms with Gasteiger partial charge in [0.05, 0.1) is 6.61 Å². The van der Waals surface area contributed by atoms with Gasteiger partial charge in [0.25, 0.3) is 8.32 Å². The fourth-order valence-electron chi connectivity index (χ4n) is 3.73. The summed E-state index contributed by atoms with van der Waals surface area (Å²) in [5.41, 5.74) is 2.50. The molecule has 4 aromatic rings. The summed E-state index contributed by atoms with van der Waals surface area (Å²) in [6.45, 7) is 2.74. The molecule has 0 radical (unpaired) electrons. The van der Waals surface area contributed by atoms with E-state index < -0.39 is 8.32 Å². The molecule has 0 saturated carbocycles. The molecule has 0 amide bonds. The van der Waals surface area contributed by atoms with E-state index in [1.165, 1.54) is 26.7 Å². The van der Waals surface area contributed by atoms with Gasteiger partial charge in [0, 0.05) is 0 Å². The van der Waals surface area contributed by atoms with Crippen molar-refractivity contribution in [1.82, 2.24) is 0 Å². The lowest BCUT2D eigenvalue weighted by atomic mass is 10.1. The lowest BCUT2D eigenvalue weighted by Gasteiger charge is -2.33. The molecule has 4 rings (SSSR count). The third-order valence-electron chi connectivity index (χ3n) is 5.25. The molecule has 0 fully saturated rings. The molecule has 0 spiro atoms. The number of hydrogen-bond acceptors (Lipinski definition) is 1. The van der Waals surface area contributed by atoms with Crippen LogP contribution in [0.3, 0.4) is 0 Å². The van der Waals surface area contributed by atoms with Crippen LogP contribution in [0.25, 0.3) is 0 Å². The van der Waals surface area contributed by atoms with E-state index in [9.17, 15) is 0 Å². The van der Waals surface area contributed by atoms with Crippen LogP contribution in [0, 0.1) is 6.92 Å². The fraction of sp³-hybridized carbons (Fsp3) is 0.0769. The minimum atomic E-state index is -2.63. The average molecular weight is 381 g/mol. The summed E-state index contributed by atoms with van der Waals surface area (Å²) in [4.78, 5) is 0. The van der Waals surface area contributed by atoms with Gasteiger partial charge in [0.1, 0.15) is 0 Å². The highest BCUT2D eigenvalue weighted by atomic mass is 28.4. The number of aryl methyl sites for hydroxylation is 1. The van der Waals surface area contributed by atoms with Crippen molar-refractivity contribution in [2.75, 3.05) is 0 Å². The number of rotatable bonds is 6.